The zero-order chi connectivity index (χ0) is 19.8. The lowest BCUT2D eigenvalue weighted by molar-refractivity contribution is -0.120. The normalized spacial score (nSPS) is 10.6. The molecule has 0 aliphatic heterocycles. The zero-order valence-corrected chi connectivity index (χ0v) is 15.5. The Bertz CT molecular complexity index is 980. The van der Waals surface area contributed by atoms with Crippen molar-refractivity contribution in [3.63, 3.8) is 0 Å². The smallest absolute Gasteiger partial charge is 0.343 e. The van der Waals surface area contributed by atoms with E-state index in [1.807, 2.05) is 49.4 Å². The lowest BCUT2D eigenvalue weighted by Crippen LogP contribution is -2.19. The van der Waals surface area contributed by atoms with Crippen LogP contribution >= 0.6 is 0 Å². The van der Waals surface area contributed by atoms with Gasteiger partial charge < -0.3 is 4.74 Å². The minimum atomic E-state index is -0.404. The first kappa shape index (κ1) is 19.0. The van der Waals surface area contributed by atoms with Gasteiger partial charge in [-0.3, -0.25) is 4.79 Å². The quantitative estimate of drug-likeness (QED) is 0.309. The minimum Gasteiger partial charge on any atom is -0.423 e. The highest BCUT2D eigenvalue weighted by atomic mass is 16.5. The molecule has 0 unspecified atom stereocenters. The molecule has 0 saturated heterocycles. The third-order valence-corrected chi connectivity index (χ3v) is 3.95. The topological polar surface area (TPSA) is 67.8 Å². The van der Waals surface area contributed by atoms with Gasteiger partial charge in [0.1, 0.15) is 5.75 Å². The molecule has 0 radical (unpaired) electrons. The fraction of sp³-hybridized carbons (Fsp3) is 0.0870. The van der Waals surface area contributed by atoms with E-state index in [0.717, 1.165) is 16.7 Å². The number of carbonyl (C=O) groups is 2. The van der Waals surface area contributed by atoms with Crippen LogP contribution in [0, 0.1) is 6.92 Å². The molecule has 28 heavy (non-hydrogen) atoms. The molecule has 3 rings (SSSR count). The molecule has 5 nitrogen and oxygen atoms in total. The molecule has 0 aliphatic carbocycles. The van der Waals surface area contributed by atoms with Gasteiger partial charge in [0.25, 0.3) is 0 Å². The predicted molar refractivity (Wildman–Crippen MR) is 108 cm³/mol. The Balaban J connectivity index is 1.52. The molecule has 1 amide bonds. The van der Waals surface area contributed by atoms with Crippen molar-refractivity contribution in [3.8, 4) is 5.75 Å². The molecule has 3 aromatic rings. The van der Waals surface area contributed by atoms with Crippen LogP contribution in [0.25, 0.3) is 0 Å². The van der Waals surface area contributed by atoms with Crippen LogP contribution < -0.4 is 10.2 Å². The Hall–Kier alpha value is -3.73. The van der Waals surface area contributed by atoms with Crippen molar-refractivity contribution in [2.24, 2.45) is 5.10 Å². The van der Waals surface area contributed by atoms with Crippen molar-refractivity contribution in [2.75, 3.05) is 0 Å². The second-order valence-electron chi connectivity index (χ2n) is 6.28. The number of hydrogen-bond donors (Lipinski definition) is 1. The van der Waals surface area contributed by atoms with Crippen molar-refractivity contribution < 1.29 is 14.3 Å². The monoisotopic (exact) mass is 372 g/mol. The average Bonchev–Trinajstić information content (AvgIpc) is 2.70. The highest BCUT2D eigenvalue weighted by molar-refractivity contribution is 5.91. The van der Waals surface area contributed by atoms with Gasteiger partial charge >= 0.3 is 5.97 Å². The number of rotatable bonds is 6. The Morgan fingerprint density at radius 2 is 1.71 bits per heavy atom. The van der Waals surface area contributed by atoms with Gasteiger partial charge in [0.2, 0.25) is 5.91 Å². The van der Waals surface area contributed by atoms with Crippen molar-refractivity contribution in [1.29, 1.82) is 0 Å². The van der Waals surface area contributed by atoms with Gasteiger partial charge in [-0.05, 0) is 54.4 Å². The fourth-order valence-electron chi connectivity index (χ4n) is 2.56. The molecule has 5 heteroatoms. The molecular formula is C23H20N2O3. The second-order valence-corrected chi connectivity index (χ2v) is 6.28. The fourth-order valence-corrected chi connectivity index (χ4v) is 2.56. The van der Waals surface area contributed by atoms with E-state index >= 15 is 0 Å². The summed E-state index contributed by atoms with van der Waals surface area (Å²) in [5.74, 6) is -0.152. The van der Waals surface area contributed by atoms with Gasteiger partial charge in [-0.15, -0.1) is 0 Å². The molecule has 0 heterocycles. The summed E-state index contributed by atoms with van der Waals surface area (Å²) in [4.78, 5) is 24.0. The number of nitrogens with one attached hydrogen (secondary N) is 1. The van der Waals surface area contributed by atoms with Crippen LogP contribution in [0.3, 0.4) is 0 Å². The number of amides is 1. The van der Waals surface area contributed by atoms with Crippen molar-refractivity contribution >= 4 is 18.1 Å². The Morgan fingerprint density at radius 1 is 0.964 bits per heavy atom. The lowest BCUT2D eigenvalue weighted by atomic mass is 10.1. The van der Waals surface area contributed by atoms with E-state index in [1.165, 1.54) is 6.21 Å². The minimum absolute atomic E-state index is 0.189. The summed E-state index contributed by atoms with van der Waals surface area (Å²) in [6.45, 7) is 1.92. The molecule has 0 aromatic heterocycles. The number of benzene rings is 3. The van der Waals surface area contributed by atoms with Gasteiger partial charge in [-0.1, -0.05) is 48.0 Å². The van der Waals surface area contributed by atoms with E-state index < -0.39 is 5.97 Å². The molecule has 0 saturated carbocycles. The van der Waals surface area contributed by atoms with Crippen LogP contribution in [0.15, 0.2) is 84.0 Å². The standard InChI is InChI=1S/C23H20N2O3/c1-17-6-5-9-20(14-17)23(27)28-21-12-10-19(11-13-21)16-24-25-22(26)15-18-7-3-2-4-8-18/h2-14,16H,15H2,1H3,(H,25,26)/b24-16+. The summed E-state index contributed by atoms with van der Waals surface area (Å²) in [7, 11) is 0. The van der Waals surface area contributed by atoms with Gasteiger partial charge in [-0.25, -0.2) is 10.2 Å². The number of nitrogens with zero attached hydrogens (tertiary/aromatic N) is 1. The zero-order valence-electron chi connectivity index (χ0n) is 15.5. The Morgan fingerprint density at radius 3 is 2.43 bits per heavy atom. The summed E-state index contributed by atoms with van der Waals surface area (Å²) in [6, 6.07) is 23.6. The number of hydrazone groups is 1. The van der Waals surface area contributed by atoms with E-state index in [2.05, 4.69) is 10.5 Å². The van der Waals surface area contributed by atoms with E-state index in [0.29, 0.717) is 11.3 Å². The van der Waals surface area contributed by atoms with E-state index in [4.69, 9.17) is 4.74 Å². The summed E-state index contributed by atoms with van der Waals surface area (Å²) in [5, 5.41) is 3.95. The van der Waals surface area contributed by atoms with Gasteiger partial charge in [0.15, 0.2) is 0 Å². The highest BCUT2D eigenvalue weighted by Crippen LogP contribution is 2.14. The number of carbonyl (C=O) groups excluding carboxylic acids is 2. The maximum absolute atomic E-state index is 12.2. The maximum atomic E-state index is 12.2. The van der Waals surface area contributed by atoms with Crippen LogP contribution in [-0.4, -0.2) is 18.1 Å². The van der Waals surface area contributed by atoms with Crippen molar-refractivity contribution in [2.45, 2.75) is 13.3 Å². The molecule has 0 fully saturated rings. The molecule has 140 valence electrons. The first-order valence-corrected chi connectivity index (χ1v) is 8.85. The molecule has 0 bridgehead atoms. The largest absolute Gasteiger partial charge is 0.423 e. The van der Waals surface area contributed by atoms with Gasteiger partial charge in [0, 0.05) is 0 Å². The first-order valence-electron chi connectivity index (χ1n) is 8.85. The number of hydrogen-bond acceptors (Lipinski definition) is 4. The third-order valence-electron chi connectivity index (χ3n) is 3.95. The summed E-state index contributed by atoms with van der Waals surface area (Å²) in [5.41, 5.74) is 5.70. The number of aryl methyl sites for hydroxylation is 1. The van der Waals surface area contributed by atoms with Crippen molar-refractivity contribution in [3.05, 3.63) is 101 Å². The second kappa shape index (κ2) is 9.28. The van der Waals surface area contributed by atoms with Crippen molar-refractivity contribution in [1.82, 2.24) is 5.43 Å². The van der Waals surface area contributed by atoms with Gasteiger partial charge in [-0.2, -0.15) is 5.10 Å². The summed E-state index contributed by atoms with van der Waals surface area (Å²) >= 11 is 0. The van der Waals surface area contributed by atoms with Crippen LogP contribution in [0.4, 0.5) is 0 Å². The Labute approximate surface area is 163 Å². The molecule has 0 atom stereocenters. The maximum Gasteiger partial charge on any atom is 0.343 e. The van der Waals surface area contributed by atoms with E-state index in [1.54, 1.807) is 36.4 Å². The SMILES string of the molecule is Cc1cccc(C(=O)Oc2ccc(/C=N/NC(=O)Cc3ccccc3)cc2)c1. The first-order chi connectivity index (χ1) is 13.6. The summed E-state index contributed by atoms with van der Waals surface area (Å²) < 4.78 is 5.37. The summed E-state index contributed by atoms with van der Waals surface area (Å²) in [6.07, 6.45) is 1.81. The molecular weight excluding hydrogens is 352 g/mol. The molecule has 3 aromatic carbocycles. The van der Waals surface area contributed by atoms with E-state index in [-0.39, 0.29) is 12.3 Å². The predicted octanol–water partition coefficient (Wildman–Crippen LogP) is 3.91. The molecule has 1 N–H and O–H groups in total. The van der Waals surface area contributed by atoms with Crippen LogP contribution in [0.2, 0.25) is 0 Å². The molecule has 0 aliphatic rings. The number of esters is 1. The van der Waals surface area contributed by atoms with Gasteiger partial charge in [0.05, 0.1) is 18.2 Å². The van der Waals surface area contributed by atoms with Crippen LogP contribution in [0.5, 0.6) is 5.75 Å². The Kier molecular flexibility index (Phi) is 6.31. The average molecular weight is 372 g/mol. The van der Waals surface area contributed by atoms with Crippen LogP contribution in [0.1, 0.15) is 27.0 Å². The van der Waals surface area contributed by atoms with Crippen LogP contribution in [-0.2, 0) is 11.2 Å². The molecule has 0 spiro atoms. The van der Waals surface area contributed by atoms with E-state index in [9.17, 15) is 9.59 Å². The lowest BCUT2D eigenvalue weighted by Gasteiger charge is -2.05. The highest BCUT2D eigenvalue weighted by Gasteiger charge is 2.08. The third kappa shape index (κ3) is 5.64. The number of ether oxygens (including phenoxy) is 1.